The van der Waals surface area contributed by atoms with Gasteiger partial charge in [0.1, 0.15) is 11.4 Å². The number of aromatic nitrogens is 2. The van der Waals surface area contributed by atoms with Crippen molar-refractivity contribution in [2.24, 2.45) is 0 Å². The average molecular weight is 406 g/mol. The molecule has 0 saturated carbocycles. The van der Waals surface area contributed by atoms with Crippen molar-refractivity contribution < 1.29 is 35.9 Å². The molecule has 0 aliphatic carbocycles. The Bertz CT molecular complexity index is 838. The van der Waals surface area contributed by atoms with E-state index in [-0.39, 0.29) is 16.4 Å². The molecule has 1 aromatic carbocycles. The first-order valence-electron chi connectivity index (χ1n) is 7.88. The number of halogens is 6. The lowest BCUT2D eigenvalue weighted by molar-refractivity contribution is -0.143. The Hall–Kier alpha value is -2.94. The second kappa shape index (κ2) is 7.23. The zero-order valence-electron chi connectivity index (χ0n) is 14.0. The van der Waals surface area contributed by atoms with Crippen LogP contribution in [0.4, 0.5) is 36.8 Å². The third-order valence-electron chi connectivity index (χ3n) is 3.79. The fourth-order valence-electron chi connectivity index (χ4n) is 2.44. The molecule has 0 radical (unpaired) electrons. The van der Waals surface area contributed by atoms with Gasteiger partial charge in [-0.25, -0.2) is 9.48 Å². The number of hydrogen-bond acceptors (Lipinski definition) is 3. The number of alkyl halides is 6. The molecular formula is C16H12F6N4O2. The first kappa shape index (κ1) is 19.8. The molecule has 1 saturated heterocycles. The maximum absolute atomic E-state index is 13.1. The van der Waals surface area contributed by atoms with Gasteiger partial charge in [-0.3, -0.25) is 0 Å². The number of ether oxygens (including phenoxy) is 1. The molecular weight excluding hydrogens is 394 g/mol. The summed E-state index contributed by atoms with van der Waals surface area (Å²) < 4.78 is 82.6. The smallest absolute Gasteiger partial charge is 0.378 e. The largest absolute Gasteiger partial charge is 0.435 e. The molecule has 0 bridgehead atoms. The molecule has 1 aliphatic rings. The van der Waals surface area contributed by atoms with E-state index in [0.717, 1.165) is 6.07 Å². The Kier molecular flexibility index (Phi) is 5.12. The zero-order chi connectivity index (χ0) is 20.5. The van der Waals surface area contributed by atoms with Gasteiger partial charge in [0, 0.05) is 19.2 Å². The summed E-state index contributed by atoms with van der Waals surface area (Å²) in [5.74, 6) is 0. The van der Waals surface area contributed by atoms with Gasteiger partial charge in [0.15, 0.2) is 5.69 Å². The number of anilines is 1. The Morgan fingerprint density at radius 1 is 1.07 bits per heavy atom. The maximum Gasteiger partial charge on any atom is 0.435 e. The second-order valence-corrected chi connectivity index (χ2v) is 5.73. The molecule has 1 fully saturated rings. The number of urea groups is 1. The molecule has 3 rings (SSSR count). The van der Waals surface area contributed by atoms with E-state index >= 15 is 0 Å². The van der Waals surface area contributed by atoms with E-state index in [2.05, 4.69) is 22.5 Å². The molecule has 2 aromatic rings. The van der Waals surface area contributed by atoms with Crippen molar-refractivity contribution in [3.63, 3.8) is 0 Å². The number of morpholine rings is 1. The van der Waals surface area contributed by atoms with Gasteiger partial charge in [0.05, 0.1) is 18.9 Å². The minimum absolute atomic E-state index is 0.0814. The van der Waals surface area contributed by atoms with E-state index in [4.69, 9.17) is 4.74 Å². The van der Waals surface area contributed by atoms with Crippen molar-refractivity contribution in [2.45, 2.75) is 12.4 Å². The van der Waals surface area contributed by atoms with E-state index in [9.17, 15) is 31.1 Å². The van der Waals surface area contributed by atoms with E-state index in [0.29, 0.717) is 26.3 Å². The lowest BCUT2D eigenvalue weighted by Gasteiger charge is -2.26. The number of nitrogens with one attached hydrogen (secondary N) is 1. The highest BCUT2D eigenvalue weighted by Crippen LogP contribution is 2.36. The molecule has 2 amide bonds. The minimum atomic E-state index is -5.06. The van der Waals surface area contributed by atoms with E-state index in [1.807, 2.05) is 0 Å². The predicted octanol–water partition coefficient (Wildman–Crippen LogP) is 3.37. The van der Waals surface area contributed by atoms with Crippen molar-refractivity contribution in [3.05, 3.63) is 41.7 Å². The fraction of sp³-hybridized carbons (Fsp3) is 0.375. The van der Waals surface area contributed by atoms with Crippen molar-refractivity contribution in [1.29, 1.82) is 0 Å². The lowest BCUT2D eigenvalue weighted by Crippen LogP contribution is -2.43. The highest BCUT2D eigenvalue weighted by molar-refractivity contribution is 5.89. The van der Waals surface area contributed by atoms with Gasteiger partial charge in [-0.05, 0) is 24.3 Å². The number of amides is 2. The van der Waals surface area contributed by atoms with Crippen LogP contribution < -0.4 is 5.32 Å². The van der Waals surface area contributed by atoms with Crippen molar-refractivity contribution >= 4 is 11.7 Å². The van der Waals surface area contributed by atoms with E-state index in [1.165, 1.54) is 11.0 Å². The maximum atomic E-state index is 13.1. The standard InChI is InChI=1S/C16H12F6N4O2/c17-15(18,19)12-9-13(16(20,21)22)26(24-12)11-3-1-10(2-4-11)23-14(27)25-5-7-28-8-6-25/h1,3,9H,5-8H2,(H,23,27). The second-order valence-electron chi connectivity index (χ2n) is 5.73. The van der Waals surface area contributed by atoms with Crippen LogP contribution in [-0.2, 0) is 17.1 Å². The summed E-state index contributed by atoms with van der Waals surface area (Å²) in [5, 5.41) is 5.47. The lowest BCUT2D eigenvalue weighted by atomic mass is 10.3. The number of hydrogen-bond donors (Lipinski definition) is 1. The van der Waals surface area contributed by atoms with Crippen LogP contribution in [0.25, 0.3) is 5.69 Å². The number of carbonyl (C=O) groups is 1. The summed E-state index contributed by atoms with van der Waals surface area (Å²) in [4.78, 5) is 13.5. The summed E-state index contributed by atoms with van der Waals surface area (Å²) in [5.41, 5.74) is -3.60. The Morgan fingerprint density at radius 2 is 1.75 bits per heavy atom. The van der Waals surface area contributed by atoms with Crippen molar-refractivity contribution in [1.82, 2.24) is 14.7 Å². The molecule has 150 valence electrons. The van der Waals surface area contributed by atoms with Crippen molar-refractivity contribution in [3.8, 4) is 5.69 Å². The summed E-state index contributed by atoms with van der Waals surface area (Å²) in [6.07, 6.45) is -10.1. The van der Waals surface area contributed by atoms with Crippen LogP contribution in [0.3, 0.4) is 0 Å². The molecule has 1 aromatic heterocycles. The molecule has 0 unspecified atom stereocenters. The molecule has 12 heteroatoms. The monoisotopic (exact) mass is 406 g/mol. The Labute approximate surface area is 154 Å². The van der Waals surface area contributed by atoms with Crippen LogP contribution >= 0.6 is 0 Å². The van der Waals surface area contributed by atoms with Gasteiger partial charge >= 0.3 is 18.4 Å². The molecule has 1 N–H and O–H groups in total. The first-order valence-corrected chi connectivity index (χ1v) is 7.88. The third kappa shape index (κ3) is 4.30. The number of nitrogens with zero attached hydrogens (tertiary/aromatic N) is 3. The quantitative estimate of drug-likeness (QED) is 0.779. The Balaban J connectivity index is 1.83. The average Bonchev–Trinajstić information content (AvgIpc) is 3.09. The van der Waals surface area contributed by atoms with E-state index < -0.39 is 35.5 Å². The van der Waals surface area contributed by atoms with Crippen molar-refractivity contribution in [2.75, 3.05) is 31.6 Å². The number of rotatable bonds is 2. The highest BCUT2D eigenvalue weighted by Gasteiger charge is 2.42. The topological polar surface area (TPSA) is 59.4 Å². The summed E-state index contributed by atoms with van der Waals surface area (Å²) in [7, 11) is 0. The van der Waals surface area contributed by atoms with Gasteiger partial charge < -0.3 is 15.0 Å². The minimum Gasteiger partial charge on any atom is -0.378 e. The van der Waals surface area contributed by atoms with Crippen LogP contribution in [0.15, 0.2) is 18.2 Å². The van der Waals surface area contributed by atoms with Crippen LogP contribution in [0.2, 0.25) is 0 Å². The number of carbonyl (C=O) groups excluding carboxylic acids is 1. The van der Waals surface area contributed by atoms with Gasteiger partial charge in [-0.15, -0.1) is 0 Å². The Morgan fingerprint density at radius 3 is 2.29 bits per heavy atom. The summed E-state index contributed by atoms with van der Waals surface area (Å²) >= 11 is 0. The molecule has 0 atom stereocenters. The van der Waals surface area contributed by atoms with Gasteiger partial charge in [0.2, 0.25) is 0 Å². The molecule has 28 heavy (non-hydrogen) atoms. The zero-order valence-corrected chi connectivity index (χ0v) is 14.0. The van der Waals surface area contributed by atoms with E-state index in [1.54, 1.807) is 0 Å². The molecule has 2 heterocycles. The normalized spacial score (nSPS) is 15.3. The molecule has 0 spiro atoms. The van der Waals surface area contributed by atoms with Gasteiger partial charge in [-0.2, -0.15) is 31.4 Å². The third-order valence-corrected chi connectivity index (χ3v) is 3.79. The molecule has 1 aliphatic heterocycles. The SMILES string of the molecule is O=C(Nc1c#cc(-n2nc(C(F)(F)F)cc2C(F)(F)F)cc1)N1CCOCC1. The van der Waals surface area contributed by atoms with Crippen LogP contribution in [0.1, 0.15) is 11.4 Å². The fourth-order valence-corrected chi connectivity index (χ4v) is 2.44. The van der Waals surface area contributed by atoms with Gasteiger partial charge in [-0.1, -0.05) is 0 Å². The van der Waals surface area contributed by atoms with Crippen LogP contribution in [0, 0.1) is 12.1 Å². The highest BCUT2D eigenvalue weighted by atomic mass is 19.4. The summed E-state index contributed by atoms with van der Waals surface area (Å²) in [6.45, 7) is 1.50. The summed E-state index contributed by atoms with van der Waals surface area (Å²) in [6, 6.07) is 6.40. The van der Waals surface area contributed by atoms with Crippen LogP contribution in [-0.4, -0.2) is 47.0 Å². The molecule has 6 nitrogen and oxygen atoms in total. The predicted molar refractivity (Wildman–Crippen MR) is 82.7 cm³/mol. The van der Waals surface area contributed by atoms with Gasteiger partial charge in [0.25, 0.3) is 0 Å². The first-order chi connectivity index (χ1) is 13.1. The van der Waals surface area contributed by atoms with Crippen LogP contribution in [0.5, 0.6) is 0 Å².